The number of thiophene rings is 1. The van der Waals surface area contributed by atoms with E-state index >= 15 is 0 Å². The van der Waals surface area contributed by atoms with Crippen molar-refractivity contribution in [2.75, 3.05) is 5.73 Å². The van der Waals surface area contributed by atoms with Gasteiger partial charge in [-0.25, -0.2) is 14.4 Å². The van der Waals surface area contributed by atoms with Crippen molar-refractivity contribution in [1.29, 1.82) is 0 Å². The molecule has 0 unspecified atom stereocenters. The molecular weight excluding hydrogens is 309 g/mol. The van der Waals surface area contributed by atoms with Crippen LogP contribution in [0.1, 0.15) is 16.9 Å². The molecule has 6 heteroatoms. The van der Waals surface area contributed by atoms with E-state index in [2.05, 4.69) is 9.97 Å². The van der Waals surface area contributed by atoms with Gasteiger partial charge >= 0.3 is 0 Å². The maximum atomic E-state index is 14.0. The molecule has 21 heavy (non-hydrogen) atoms. The zero-order chi connectivity index (χ0) is 14.6. The van der Waals surface area contributed by atoms with Crippen LogP contribution >= 0.6 is 22.9 Å². The van der Waals surface area contributed by atoms with E-state index in [0.29, 0.717) is 22.2 Å². The average Bonchev–Trinajstić information content (AvgIpc) is 2.98. The van der Waals surface area contributed by atoms with Gasteiger partial charge in [0.15, 0.2) is 5.82 Å². The molecule has 0 saturated heterocycles. The number of nitrogens with two attached hydrogens (primary N) is 1. The van der Waals surface area contributed by atoms with Crippen molar-refractivity contribution in [2.45, 2.75) is 19.3 Å². The van der Waals surface area contributed by atoms with Crippen molar-refractivity contribution >= 4 is 39.0 Å². The summed E-state index contributed by atoms with van der Waals surface area (Å²) in [6, 6.07) is 4.47. The summed E-state index contributed by atoms with van der Waals surface area (Å²) in [5.41, 5.74) is 7.69. The highest BCUT2D eigenvalue weighted by Crippen LogP contribution is 2.39. The van der Waals surface area contributed by atoms with E-state index in [-0.39, 0.29) is 0 Å². The van der Waals surface area contributed by atoms with Crippen molar-refractivity contribution in [3.63, 3.8) is 0 Å². The van der Waals surface area contributed by atoms with E-state index in [4.69, 9.17) is 17.3 Å². The minimum atomic E-state index is -0.439. The molecule has 0 aliphatic heterocycles. The van der Waals surface area contributed by atoms with Crippen LogP contribution in [0.5, 0.6) is 0 Å². The van der Waals surface area contributed by atoms with Crippen LogP contribution in [0.25, 0.3) is 21.6 Å². The molecule has 3 aromatic rings. The molecule has 0 atom stereocenters. The number of benzene rings is 1. The summed E-state index contributed by atoms with van der Waals surface area (Å²) >= 11 is 7.42. The number of nitrogens with zero attached hydrogens (tertiary/aromatic N) is 2. The molecule has 1 aliphatic rings. The minimum Gasteiger partial charge on any atom is -0.383 e. The number of hydrogen-bond acceptors (Lipinski definition) is 4. The highest BCUT2D eigenvalue weighted by Gasteiger charge is 2.22. The van der Waals surface area contributed by atoms with Crippen molar-refractivity contribution in [3.05, 3.63) is 39.5 Å². The third kappa shape index (κ3) is 2.00. The summed E-state index contributed by atoms with van der Waals surface area (Å²) in [6.45, 7) is 0. The van der Waals surface area contributed by atoms with Gasteiger partial charge < -0.3 is 5.73 Å². The van der Waals surface area contributed by atoms with Crippen LogP contribution in [0.15, 0.2) is 18.2 Å². The molecule has 2 aromatic heterocycles. The van der Waals surface area contributed by atoms with Crippen molar-refractivity contribution in [3.8, 4) is 11.4 Å². The molecule has 2 N–H and O–H groups in total. The van der Waals surface area contributed by atoms with Crippen LogP contribution in [0.2, 0.25) is 5.02 Å². The van der Waals surface area contributed by atoms with Crippen molar-refractivity contribution in [2.24, 2.45) is 0 Å². The summed E-state index contributed by atoms with van der Waals surface area (Å²) in [5, 5.41) is 1.30. The predicted molar refractivity (Wildman–Crippen MR) is 84.3 cm³/mol. The van der Waals surface area contributed by atoms with Gasteiger partial charge in [-0.1, -0.05) is 11.6 Å². The van der Waals surface area contributed by atoms with Gasteiger partial charge in [-0.3, -0.25) is 0 Å². The third-order valence-corrected chi connectivity index (χ3v) is 5.19. The van der Waals surface area contributed by atoms with Gasteiger partial charge in [0.2, 0.25) is 0 Å². The van der Waals surface area contributed by atoms with Crippen LogP contribution < -0.4 is 5.73 Å². The second kappa shape index (κ2) is 4.64. The Hall–Kier alpha value is -1.72. The Labute approximate surface area is 129 Å². The monoisotopic (exact) mass is 319 g/mol. The van der Waals surface area contributed by atoms with Gasteiger partial charge in [0.05, 0.1) is 10.9 Å². The summed E-state index contributed by atoms with van der Waals surface area (Å²) in [5.74, 6) is 0.309. The van der Waals surface area contributed by atoms with Crippen LogP contribution in [0.4, 0.5) is 10.2 Å². The summed E-state index contributed by atoms with van der Waals surface area (Å²) in [6.07, 6.45) is 3.25. The highest BCUT2D eigenvalue weighted by atomic mass is 35.5. The lowest BCUT2D eigenvalue weighted by molar-refractivity contribution is 0.630. The van der Waals surface area contributed by atoms with Crippen molar-refractivity contribution in [1.82, 2.24) is 9.97 Å². The van der Waals surface area contributed by atoms with Gasteiger partial charge in [0, 0.05) is 9.90 Å². The number of halogens is 2. The first kappa shape index (κ1) is 13.0. The van der Waals surface area contributed by atoms with Crippen LogP contribution in [0.3, 0.4) is 0 Å². The van der Waals surface area contributed by atoms with Gasteiger partial charge in [0.25, 0.3) is 0 Å². The first-order valence-electron chi connectivity index (χ1n) is 6.66. The quantitative estimate of drug-likeness (QED) is 0.730. The van der Waals surface area contributed by atoms with Gasteiger partial charge in [-0.05, 0) is 43.0 Å². The Kier molecular flexibility index (Phi) is 2.87. The molecule has 4 rings (SSSR count). The molecule has 1 aliphatic carbocycles. The number of rotatable bonds is 1. The lowest BCUT2D eigenvalue weighted by Crippen LogP contribution is -1.98. The number of aryl methyl sites for hydroxylation is 2. The van der Waals surface area contributed by atoms with Gasteiger partial charge in [0.1, 0.15) is 16.5 Å². The van der Waals surface area contributed by atoms with E-state index in [9.17, 15) is 4.39 Å². The van der Waals surface area contributed by atoms with E-state index in [0.717, 1.165) is 29.5 Å². The summed E-state index contributed by atoms with van der Waals surface area (Å²) in [7, 11) is 0. The van der Waals surface area contributed by atoms with Crippen LogP contribution in [0, 0.1) is 5.82 Å². The molecule has 0 bridgehead atoms. The molecule has 0 amide bonds. The SMILES string of the molecule is Nc1nc(-c2ccc(Cl)cc2F)nc2sc3c(c12)CCC3. The van der Waals surface area contributed by atoms with E-state index in [1.54, 1.807) is 23.5 Å². The van der Waals surface area contributed by atoms with Crippen LogP contribution in [-0.4, -0.2) is 9.97 Å². The lowest BCUT2D eigenvalue weighted by Gasteiger charge is -2.05. The summed E-state index contributed by atoms with van der Waals surface area (Å²) in [4.78, 5) is 11.0. The van der Waals surface area contributed by atoms with Gasteiger partial charge in [-0.2, -0.15) is 0 Å². The number of fused-ring (bicyclic) bond motifs is 3. The molecule has 106 valence electrons. The maximum absolute atomic E-state index is 14.0. The fourth-order valence-electron chi connectivity index (χ4n) is 2.82. The second-order valence-electron chi connectivity index (χ2n) is 5.09. The first-order chi connectivity index (χ1) is 10.1. The number of nitrogen functional groups attached to an aromatic ring is 1. The Bertz CT molecular complexity index is 875. The maximum Gasteiger partial charge on any atom is 0.166 e. The third-order valence-electron chi connectivity index (χ3n) is 3.76. The van der Waals surface area contributed by atoms with Crippen LogP contribution in [-0.2, 0) is 12.8 Å². The topological polar surface area (TPSA) is 51.8 Å². The number of anilines is 1. The number of hydrogen-bond donors (Lipinski definition) is 1. The highest BCUT2D eigenvalue weighted by molar-refractivity contribution is 7.19. The Morgan fingerprint density at radius 3 is 2.90 bits per heavy atom. The van der Waals surface area contributed by atoms with E-state index in [1.807, 2.05) is 0 Å². The molecule has 0 fully saturated rings. The molecule has 2 heterocycles. The molecule has 0 radical (unpaired) electrons. The number of aromatic nitrogens is 2. The first-order valence-corrected chi connectivity index (χ1v) is 7.86. The Morgan fingerprint density at radius 1 is 1.24 bits per heavy atom. The Morgan fingerprint density at radius 2 is 2.10 bits per heavy atom. The van der Waals surface area contributed by atoms with E-state index < -0.39 is 5.82 Å². The molecule has 3 nitrogen and oxygen atoms in total. The molecule has 0 spiro atoms. The average molecular weight is 320 g/mol. The fourth-order valence-corrected chi connectivity index (χ4v) is 4.24. The molecule has 1 aromatic carbocycles. The lowest BCUT2D eigenvalue weighted by atomic mass is 10.1. The standard InChI is InChI=1S/C15H11ClFN3S/c16-7-4-5-8(10(17)6-7)14-19-13(18)12-9-2-1-3-11(9)21-15(12)20-14/h4-6H,1-3H2,(H2,18,19,20). The molecule has 0 saturated carbocycles. The smallest absolute Gasteiger partial charge is 0.166 e. The van der Waals surface area contributed by atoms with E-state index in [1.165, 1.54) is 16.5 Å². The second-order valence-corrected chi connectivity index (χ2v) is 6.61. The fraction of sp³-hybridized carbons (Fsp3) is 0.200. The minimum absolute atomic E-state index is 0.314. The zero-order valence-electron chi connectivity index (χ0n) is 11.0. The normalized spacial score (nSPS) is 13.8. The van der Waals surface area contributed by atoms with Crippen molar-refractivity contribution < 1.29 is 4.39 Å². The largest absolute Gasteiger partial charge is 0.383 e. The predicted octanol–water partition coefficient (Wildman–Crippen LogP) is 4.22. The Balaban J connectivity index is 1.95. The van der Waals surface area contributed by atoms with Gasteiger partial charge in [-0.15, -0.1) is 11.3 Å². The zero-order valence-corrected chi connectivity index (χ0v) is 12.6. The summed E-state index contributed by atoms with van der Waals surface area (Å²) < 4.78 is 14.0. The molecular formula is C15H11ClFN3S.